The molecule has 0 aliphatic rings. The molecule has 11 nitrogen and oxygen atoms in total. The Labute approximate surface area is 241 Å². The van der Waals surface area contributed by atoms with Gasteiger partial charge >= 0.3 is 0 Å². The SMILES string of the molecule is CCCN(CCC)C(=O)c1cc(C)cc(C(=O)NOC[C@H](O)[C@H](O)C(O)CONC(=O)CCCc2ccccc2)c1. The molecule has 0 saturated heterocycles. The van der Waals surface area contributed by atoms with Gasteiger partial charge in [-0.25, -0.2) is 11.0 Å². The number of amides is 3. The maximum absolute atomic E-state index is 13.0. The Morgan fingerprint density at radius 3 is 2.05 bits per heavy atom. The Morgan fingerprint density at radius 1 is 0.854 bits per heavy atom. The second kappa shape index (κ2) is 18.2. The molecule has 0 aromatic heterocycles. The van der Waals surface area contributed by atoms with Gasteiger partial charge in [0.2, 0.25) is 5.91 Å². The average Bonchev–Trinajstić information content (AvgIpc) is 2.96. The quantitative estimate of drug-likeness (QED) is 0.170. The summed E-state index contributed by atoms with van der Waals surface area (Å²) < 4.78 is 0. The molecule has 3 amide bonds. The minimum Gasteiger partial charge on any atom is -0.388 e. The zero-order valence-electron chi connectivity index (χ0n) is 24.0. The van der Waals surface area contributed by atoms with Crippen molar-refractivity contribution in [2.45, 2.75) is 71.2 Å². The second-order valence-corrected chi connectivity index (χ2v) is 9.92. The van der Waals surface area contributed by atoms with Gasteiger partial charge in [0.1, 0.15) is 31.5 Å². The number of rotatable bonds is 18. The number of aliphatic hydroxyl groups excluding tert-OH is 3. The van der Waals surface area contributed by atoms with Crippen LogP contribution in [0.4, 0.5) is 0 Å². The molecule has 1 unspecified atom stereocenters. The van der Waals surface area contributed by atoms with Crippen LogP contribution in [0.3, 0.4) is 0 Å². The van der Waals surface area contributed by atoms with Crippen LogP contribution in [-0.2, 0) is 20.9 Å². The number of carbonyl (C=O) groups excluding carboxylic acids is 3. The van der Waals surface area contributed by atoms with Crippen molar-refractivity contribution in [1.82, 2.24) is 15.9 Å². The van der Waals surface area contributed by atoms with Crippen molar-refractivity contribution in [2.75, 3.05) is 26.3 Å². The Bertz CT molecular complexity index is 1090. The topological polar surface area (TPSA) is 158 Å². The standard InChI is InChI=1S/C30H43N3O8/c1-4-14-33(15-5-2)30(39)24-17-21(3)16-23(18-24)29(38)32-41-20-26(35)28(37)25(34)19-40-31-27(36)13-9-12-22-10-7-6-8-11-22/h6-8,10-11,16-18,25-26,28,34-35,37H,4-5,9,12-15,19-20H2,1-3H3,(H,31,36)(H,32,38)/t25?,26-,28+/m0/s1. The van der Waals surface area contributed by atoms with Gasteiger partial charge in [-0.15, -0.1) is 0 Å². The number of hydroxylamine groups is 2. The zero-order valence-corrected chi connectivity index (χ0v) is 24.0. The lowest BCUT2D eigenvalue weighted by Gasteiger charge is -2.23. The van der Waals surface area contributed by atoms with Gasteiger partial charge in [-0.2, -0.15) is 0 Å². The van der Waals surface area contributed by atoms with Gasteiger partial charge in [0.15, 0.2) is 0 Å². The Hall–Kier alpha value is -3.35. The van der Waals surface area contributed by atoms with E-state index >= 15 is 0 Å². The molecule has 41 heavy (non-hydrogen) atoms. The Balaban J connectivity index is 1.74. The molecular formula is C30H43N3O8. The minimum atomic E-state index is -1.67. The number of benzene rings is 2. The highest BCUT2D eigenvalue weighted by atomic mass is 16.7. The maximum Gasteiger partial charge on any atom is 0.274 e. The molecule has 3 atom stereocenters. The Morgan fingerprint density at radius 2 is 1.44 bits per heavy atom. The fraction of sp³-hybridized carbons (Fsp3) is 0.500. The van der Waals surface area contributed by atoms with Crippen molar-refractivity contribution in [2.24, 2.45) is 0 Å². The van der Waals surface area contributed by atoms with Gasteiger partial charge in [0, 0.05) is 30.6 Å². The highest BCUT2D eigenvalue weighted by Crippen LogP contribution is 2.14. The van der Waals surface area contributed by atoms with Crippen LogP contribution >= 0.6 is 0 Å². The summed E-state index contributed by atoms with van der Waals surface area (Å²) in [6.45, 7) is 5.98. The van der Waals surface area contributed by atoms with Crippen LogP contribution in [0.1, 0.15) is 71.4 Å². The van der Waals surface area contributed by atoms with Crippen LogP contribution < -0.4 is 11.0 Å². The second-order valence-electron chi connectivity index (χ2n) is 9.92. The lowest BCUT2D eigenvalue weighted by atomic mass is 10.0. The van der Waals surface area contributed by atoms with Crippen molar-refractivity contribution in [3.05, 3.63) is 70.8 Å². The third kappa shape index (κ3) is 12.0. The average molecular weight is 574 g/mol. The largest absolute Gasteiger partial charge is 0.388 e. The number of hydrogen-bond donors (Lipinski definition) is 5. The number of hydrogen-bond acceptors (Lipinski definition) is 8. The summed E-state index contributed by atoms with van der Waals surface area (Å²) in [6, 6.07) is 14.5. The summed E-state index contributed by atoms with van der Waals surface area (Å²) in [5.41, 5.74) is 6.80. The summed E-state index contributed by atoms with van der Waals surface area (Å²) >= 11 is 0. The highest BCUT2D eigenvalue weighted by molar-refractivity contribution is 5.99. The van der Waals surface area contributed by atoms with Gasteiger partial charge in [0.25, 0.3) is 11.8 Å². The third-order valence-corrected chi connectivity index (χ3v) is 6.22. The summed E-state index contributed by atoms with van der Waals surface area (Å²) in [4.78, 5) is 49.2. The van der Waals surface area contributed by atoms with E-state index in [1.54, 1.807) is 24.0 Å². The molecule has 0 bridgehead atoms. The van der Waals surface area contributed by atoms with Crippen LogP contribution in [-0.4, -0.2) is 82.6 Å². The molecule has 5 N–H and O–H groups in total. The lowest BCUT2D eigenvalue weighted by Crippen LogP contribution is -2.44. The summed E-state index contributed by atoms with van der Waals surface area (Å²) in [5.74, 6) is -1.18. The van der Waals surface area contributed by atoms with E-state index in [1.165, 1.54) is 6.07 Å². The van der Waals surface area contributed by atoms with Gasteiger partial charge in [-0.1, -0.05) is 44.2 Å². The zero-order chi connectivity index (χ0) is 30.2. The summed E-state index contributed by atoms with van der Waals surface area (Å²) in [7, 11) is 0. The Kier molecular flexibility index (Phi) is 15.0. The molecular weight excluding hydrogens is 530 g/mol. The number of aliphatic hydroxyl groups is 3. The molecule has 0 radical (unpaired) electrons. The van der Waals surface area contributed by atoms with Crippen molar-refractivity contribution in [3.8, 4) is 0 Å². The van der Waals surface area contributed by atoms with E-state index in [-0.39, 0.29) is 23.8 Å². The van der Waals surface area contributed by atoms with Crippen LogP contribution in [0.5, 0.6) is 0 Å². The third-order valence-electron chi connectivity index (χ3n) is 6.22. The monoisotopic (exact) mass is 573 g/mol. The van der Waals surface area contributed by atoms with Crippen molar-refractivity contribution in [3.63, 3.8) is 0 Å². The molecule has 0 saturated carbocycles. The predicted molar refractivity (Wildman–Crippen MR) is 153 cm³/mol. The van der Waals surface area contributed by atoms with Gasteiger partial charge < -0.3 is 20.2 Å². The van der Waals surface area contributed by atoms with E-state index in [9.17, 15) is 29.7 Å². The smallest absolute Gasteiger partial charge is 0.274 e. The van der Waals surface area contributed by atoms with Crippen LogP contribution in [0.15, 0.2) is 48.5 Å². The van der Waals surface area contributed by atoms with Crippen molar-refractivity contribution < 1.29 is 39.4 Å². The molecule has 11 heteroatoms. The van der Waals surface area contributed by atoms with Crippen LogP contribution in [0.2, 0.25) is 0 Å². The van der Waals surface area contributed by atoms with Crippen molar-refractivity contribution >= 4 is 17.7 Å². The van der Waals surface area contributed by atoms with E-state index < -0.39 is 37.4 Å². The molecule has 2 rings (SSSR count). The van der Waals surface area contributed by atoms with Crippen LogP contribution in [0.25, 0.3) is 0 Å². The molecule has 2 aromatic rings. The molecule has 0 aliphatic carbocycles. The predicted octanol–water partition coefficient (Wildman–Crippen LogP) is 2.07. The molecule has 0 spiro atoms. The van der Waals surface area contributed by atoms with E-state index in [0.717, 1.165) is 30.4 Å². The summed E-state index contributed by atoms with van der Waals surface area (Å²) in [6.07, 6.45) is -1.57. The van der Waals surface area contributed by atoms with Gasteiger partial charge in [0.05, 0.1) is 0 Å². The molecule has 2 aromatic carbocycles. The molecule has 0 aliphatic heterocycles. The van der Waals surface area contributed by atoms with E-state index in [2.05, 4.69) is 11.0 Å². The van der Waals surface area contributed by atoms with Gasteiger partial charge in [-0.3, -0.25) is 24.1 Å². The molecule has 0 fully saturated rings. The van der Waals surface area contributed by atoms with Crippen molar-refractivity contribution in [1.29, 1.82) is 0 Å². The first-order chi connectivity index (χ1) is 19.7. The van der Waals surface area contributed by atoms with E-state index in [4.69, 9.17) is 9.68 Å². The van der Waals surface area contributed by atoms with E-state index in [1.807, 2.05) is 44.2 Å². The van der Waals surface area contributed by atoms with Crippen LogP contribution in [0, 0.1) is 6.92 Å². The number of nitrogens with zero attached hydrogens (tertiary/aromatic N) is 1. The lowest BCUT2D eigenvalue weighted by molar-refractivity contribution is -0.145. The summed E-state index contributed by atoms with van der Waals surface area (Å²) in [5, 5.41) is 30.4. The number of aryl methyl sites for hydroxylation is 2. The maximum atomic E-state index is 13.0. The number of carbonyl (C=O) groups is 3. The highest BCUT2D eigenvalue weighted by Gasteiger charge is 2.26. The van der Waals surface area contributed by atoms with E-state index in [0.29, 0.717) is 25.1 Å². The molecule has 0 heterocycles. The molecule has 226 valence electrons. The number of nitrogens with one attached hydrogen (secondary N) is 2. The fourth-order valence-corrected chi connectivity index (χ4v) is 4.14. The first-order valence-corrected chi connectivity index (χ1v) is 14.0. The fourth-order valence-electron chi connectivity index (χ4n) is 4.14. The van der Waals surface area contributed by atoms with Gasteiger partial charge in [-0.05, 0) is 61.9 Å². The normalized spacial score (nSPS) is 13.2. The first-order valence-electron chi connectivity index (χ1n) is 14.0. The first kappa shape index (κ1) is 33.9. The minimum absolute atomic E-state index is 0.162.